The molecule has 0 aromatic heterocycles. The zero-order chi connectivity index (χ0) is 10.6. The standard InChI is InChI=1S/C13H24N2/c1-13(2,3)15-9-11-6-12(15)8-14(11)7-10-4-5-10/h10-12H,4-9H2,1-3H3. The predicted octanol–water partition coefficient (Wildman–Crippen LogP) is 1.95. The number of rotatable bonds is 2. The van der Waals surface area contributed by atoms with E-state index in [1.165, 1.54) is 38.9 Å². The second-order valence-electron chi connectivity index (χ2n) is 6.76. The summed E-state index contributed by atoms with van der Waals surface area (Å²) in [5, 5.41) is 0. The molecule has 3 aliphatic rings. The Balaban J connectivity index is 1.61. The molecule has 0 aromatic rings. The van der Waals surface area contributed by atoms with E-state index in [2.05, 4.69) is 30.6 Å². The molecule has 2 unspecified atom stereocenters. The fourth-order valence-corrected chi connectivity index (χ4v) is 3.43. The molecular formula is C13H24N2. The molecule has 3 fully saturated rings. The normalized spacial score (nSPS) is 37.8. The quantitative estimate of drug-likeness (QED) is 0.684. The Morgan fingerprint density at radius 3 is 2.27 bits per heavy atom. The summed E-state index contributed by atoms with van der Waals surface area (Å²) in [4.78, 5) is 5.49. The number of fused-ring (bicyclic) bond motifs is 2. The van der Waals surface area contributed by atoms with Gasteiger partial charge in [-0.1, -0.05) is 0 Å². The maximum Gasteiger partial charge on any atom is 0.0244 e. The zero-order valence-electron chi connectivity index (χ0n) is 10.4. The van der Waals surface area contributed by atoms with Crippen LogP contribution in [0.5, 0.6) is 0 Å². The fraction of sp³-hybridized carbons (Fsp3) is 1.00. The van der Waals surface area contributed by atoms with E-state index >= 15 is 0 Å². The van der Waals surface area contributed by atoms with Crippen molar-refractivity contribution in [1.82, 2.24) is 9.80 Å². The lowest BCUT2D eigenvalue weighted by atomic mass is 10.0. The summed E-state index contributed by atoms with van der Waals surface area (Å²) in [5.74, 6) is 1.06. The summed E-state index contributed by atoms with van der Waals surface area (Å²) >= 11 is 0. The minimum absolute atomic E-state index is 0.380. The average Bonchev–Trinajstić information content (AvgIpc) is 2.73. The van der Waals surface area contributed by atoms with Crippen molar-refractivity contribution >= 4 is 0 Å². The van der Waals surface area contributed by atoms with Gasteiger partial charge in [-0.15, -0.1) is 0 Å². The molecule has 0 spiro atoms. The van der Waals surface area contributed by atoms with Crippen LogP contribution in [0.15, 0.2) is 0 Å². The molecule has 2 bridgehead atoms. The summed E-state index contributed by atoms with van der Waals surface area (Å²) < 4.78 is 0. The van der Waals surface area contributed by atoms with Crippen molar-refractivity contribution in [1.29, 1.82) is 0 Å². The molecule has 0 radical (unpaired) electrons. The Morgan fingerprint density at radius 2 is 1.80 bits per heavy atom. The fourth-order valence-electron chi connectivity index (χ4n) is 3.43. The third-order valence-corrected chi connectivity index (χ3v) is 4.41. The highest BCUT2D eigenvalue weighted by Crippen LogP contribution is 2.38. The smallest absolute Gasteiger partial charge is 0.0244 e. The predicted molar refractivity (Wildman–Crippen MR) is 62.9 cm³/mol. The molecule has 1 saturated carbocycles. The molecule has 1 aliphatic carbocycles. The molecule has 2 heteroatoms. The van der Waals surface area contributed by atoms with E-state index in [0.717, 1.165) is 18.0 Å². The van der Waals surface area contributed by atoms with E-state index in [1.807, 2.05) is 0 Å². The summed E-state index contributed by atoms with van der Waals surface area (Å²) in [5.41, 5.74) is 0.380. The van der Waals surface area contributed by atoms with E-state index in [-0.39, 0.29) is 0 Å². The van der Waals surface area contributed by atoms with Gasteiger partial charge >= 0.3 is 0 Å². The topological polar surface area (TPSA) is 6.48 Å². The van der Waals surface area contributed by atoms with Gasteiger partial charge in [-0.05, 0) is 46.0 Å². The van der Waals surface area contributed by atoms with Crippen molar-refractivity contribution < 1.29 is 0 Å². The van der Waals surface area contributed by atoms with Gasteiger partial charge in [0.05, 0.1) is 0 Å². The van der Waals surface area contributed by atoms with Gasteiger partial charge in [-0.3, -0.25) is 9.80 Å². The lowest BCUT2D eigenvalue weighted by Crippen LogP contribution is -2.53. The van der Waals surface area contributed by atoms with Crippen LogP contribution in [0, 0.1) is 5.92 Å². The van der Waals surface area contributed by atoms with Gasteiger partial charge in [0.25, 0.3) is 0 Å². The minimum Gasteiger partial charge on any atom is -0.297 e. The van der Waals surface area contributed by atoms with E-state index in [1.54, 1.807) is 0 Å². The number of nitrogens with zero attached hydrogens (tertiary/aromatic N) is 2. The second-order valence-corrected chi connectivity index (χ2v) is 6.76. The van der Waals surface area contributed by atoms with Crippen LogP contribution in [0.2, 0.25) is 0 Å². The molecule has 0 aromatic carbocycles. The summed E-state index contributed by atoms with van der Waals surface area (Å²) in [6, 6.07) is 1.74. The lowest BCUT2D eigenvalue weighted by molar-refractivity contribution is 0.0557. The molecule has 2 heterocycles. The highest BCUT2D eigenvalue weighted by Gasteiger charge is 2.47. The van der Waals surface area contributed by atoms with Gasteiger partial charge in [-0.2, -0.15) is 0 Å². The average molecular weight is 208 g/mol. The molecule has 2 nitrogen and oxygen atoms in total. The first kappa shape index (κ1) is 10.1. The summed E-state index contributed by atoms with van der Waals surface area (Å²) in [6.45, 7) is 11.1. The van der Waals surface area contributed by atoms with Crippen LogP contribution in [-0.2, 0) is 0 Å². The third kappa shape index (κ3) is 1.83. The lowest BCUT2D eigenvalue weighted by Gasteiger charge is -2.42. The third-order valence-electron chi connectivity index (χ3n) is 4.41. The molecule has 86 valence electrons. The van der Waals surface area contributed by atoms with Gasteiger partial charge in [0.1, 0.15) is 0 Å². The molecule has 15 heavy (non-hydrogen) atoms. The molecular weight excluding hydrogens is 184 g/mol. The Hall–Kier alpha value is -0.0800. The van der Waals surface area contributed by atoms with E-state index in [4.69, 9.17) is 0 Å². The minimum atomic E-state index is 0.380. The van der Waals surface area contributed by atoms with Crippen molar-refractivity contribution in [3.63, 3.8) is 0 Å². The van der Waals surface area contributed by atoms with Crippen LogP contribution in [0.4, 0.5) is 0 Å². The molecule has 3 rings (SSSR count). The van der Waals surface area contributed by atoms with Crippen LogP contribution >= 0.6 is 0 Å². The van der Waals surface area contributed by atoms with Crippen molar-refractivity contribution in [2.75, 3.05) is 19.6 Å². The Morgan fingerprint density at radius 1 is 1.07 bits per heavy atom. The van der Waals surface area contributed by atoms with Crippen LogP contribution in [0.3, 0.4) is 0 Å². The maximum absolute atomic E-state index is 2.77. The van der Waals surface area contributed by atoms with Crippen molar-refractivity contribution in [3.05, 3.63) is 0 Å². The van der Waals surface area contributed by atoms with E-state index < -0.39 is 0 Å². The van der Waals surface area contributed by atoms with Crippen LogP contribution in [0.25, 0.3) is 0 Å². The highest BCUT2D eigenvalue weighted by molar-refractivity contribution is 5.03. The van der Waals surface area contributed by atoms with Gasteiger partial charge < -0.3 is 0 Å². The Bertz CT molecular complexity index is 252. The number of hydrogen-bond acceptors (Lipinski definition) is 2. The van der Waals surface area contributed by atoms with Crippen LogP contribution in [-0.4, -0.2) is 47.1 Å². The molecule has 2 atom stereocenters. The van der Waals surface area contributed by atoms with E-state index in [0.29, 0.717) is 5.54 Å². The maximum atomic E-state index is 2.77. The molecule has 0 N–H and O–H groups in total. The van der Waals surface area contributed by atoms with Crippen LogP contribution in [0.1, 0.15) is 40.0 Å². The molecule has 2 saturated heterocycles. The first-order valence-electron chi connectivity index (χ1n) is 6.55. The first-order chi connectivity index (χ1) is 7.04. The largest absolute Gasteiger partial charge is 0.297 e. The van der Waals surface area contributed by atoms with Gasteiger partial charge in [0.2, 0.25) is 0 Å². The highest BCUT2D eigenvalue weighted by atomic mass is 15.4. The summed E-state index contributed by atoms with van der Waals surface area (Å²) in [7, 11) is 0. The van der Waals surface area contributed by atoms with Gasteiger partial charge in [0.15, 0.2) is 0 Å². The second kappa shape index (κ2) is 3.21. The van der Waals surface area contributed by atoms with Crippen molar-refractivity contribution in [2.24, 2.45) is 5.92 Å². The van der Waals surface area contributed by atoms with Gasteiger partial charge in [-0.25, -0.2) is 0 Å². The van der Waals surface area contributed by atoms with Crippen molar-refractivity contribution in [3.8, 4) is 0 Å². The SMILES string of the molecule is CC(C)(C)N1CC2CC1CN2CC1CC1. The number of piperazine rings is 1. The number of likely N-dealkylation sites (tertiary alicyclic amines) is 2. The Labute approximate surface area is 93.6 Å². The molecule has 0 amide bonds. The van der Waals surface area contributed by atoms with E-state index in [9.17, 15) is 0 Å². The van der Waals surface area contributed by atoms with Crippen molar-refractivity contribution in [2.45, 2.75) is 57.7 Å². The monoisotopic (exact) mass is 208 g/mol. The zero-order valence-corrected chi connectivity index (χ0v) is 10.4. The Kier molecular flexibility index (Phi) is 2.16. The molecule has 2 aliphatic heterocycles. The first-order valence-corrected chi connectivity index (χ1v) is 6.55. The number of hydrogen-bond donors (Lipinski definition) is 0. The van der Waals surface area contributed by atoms with Crippen LogP contribution < -0.4 is 0 Å². The summed E-state index contributed by atoms with van der Waals surface area (Å²) in [6.07, 6.45) is 4.43. The van der Waals surface area contributed by atoms with Gasteiger partial charge in [0, 0.05) is 37.3 Å².